The topological polar surface area (TPSA) is 107 Å². The summed E-state index contributed by atoms with van der Waals surface area (Å²) in [5, 5.41) is 9.89. The molecule has 1 atom stereocenters. The number of anilines is 2. The molecule has 8 nitrogen and oxygen atoms in total. The van der Waals surface area contributed by atoms with Crippen LogP contribution in [0.3, 0.4) is 0 Å². The second kappa shape index (κ2) is 9.51. The number of fused-ring (bicyclic) bond motifs is 1. The van der Waals surface area contributed by atoms with Gasteiger partial charge in [0.1, 0.15) is 10.6 Å². The SMILES string of the molecule is O=C(N[C@H](CN1C(=O)C2=C(CCC=C2)C1=O)c1ccccc1)c1ccsc1Nc1ccnc2[nH]ccc12. The third-order valence-corrected chi connectivity index (χ3v) is 7.47. The molecule has 3 aromatic heterocycles. The van der Waals surface area contributed by atoms with Crippen LogP contribution < -0.4 is 10.6 Å². The summed E-state index contributed by atoms with van der Waals surface area (Å²) in [5.41, 5.74) is 3.90. The highest BCUT2D eigenvalue weighted by Gasteiger charge is 2.39. The van der Waals surface area contributed by atoms with Gasteiger partial charge >= 0.3 is 0 Å². The molecule has 1 aromatic carbocycles. The molecule has 6 rings (SSSR count). The number of hydrogen-bond acceptors (Lipinski definition) is 6. The van der Waals surface area contributed by atoms with Crippen LogP contribution in [0, 0.1) is 0 Å². The van der Waals surface area contributed by atoms with Gasteiger partial charge in [-0.25, -0.2) is 4.98 Å². The molecule has 0 radical (unpaired) electrons. The molecular weight excluding hydrogens is 486 g/mol. The van der Waals surface area contributed by atoms with E-state index in [9.17, 15) is 14.4 Å². The smallest absolute Gasteiger partial charge is 0.261 e. The van der Waals surface area contributed by atoms with Crippen molar-refractivity contribution >= 4 is 50.8 Å². The highest BCUT2D eigenvalue weighted by Crippen LogP contribution is 2.33. The molecular formula is C28H23N5O3S. The van der Waals surface area contributed by atoms with Crippen LogP contribution in [0.2, 0.25) is 0 Å². The number of hydrogen-bond donors (Lipinski definition) is 3. The zero-order chi connectivity index (χ0) is 25.4. The van der Waals surface area contributed by atoms with Crippen molar-refractivity contribution in [1.82, 2.24) is 20.2 Å². The van der Waals surface area contributed by atoms with E-state index in [-0.39, 0.29) is 24.3 Å². The normalized spacial score (nSPS) is 15.8. The predicted molar refractivity (Wildman–Crippen MR) is 142 cm³/mol. The van der Waals surface area contributed by atoms with E-state index in [1.165, 1.54) is 16.2 Å². The quantitative estimate of drug-likeness (QED) is 0.309. The highest BCUT2D eigenvalue weighted by atomic mass is 32.1. The second-order valence-corrected chi connectivity index (χ2v) is 9.79. The fourth-order valence-electron chi connectivity index (χ4n) is 4.77. The molecule has 0 saturated heterocycles. The maximum atomic E-state index is 13.5. The average Bonchev–Trinajstić information content (AvgIpc) is 3.65. The van der Waals surface area contributed by atoms with E-state index >= 15 is 0 Å². The molecule has 1 aliphatic carbocycles. The average molecular weight is 510 g/mol. The summed E-state index contributed by atoms with van der Waals surface area (Å²) in [6, 6.07) is 14.4. The standard InChI is InChI=1S/C28H23N5O3S/c34-25(21-12-15-37-26(21)32-22-11-14-30-24-20(22)10-13-29-24)31-23(17-6-2-1-3-7-17)16-33-27(35)18-8-4-5-9-19(18)28(33)36/h1-4,6-8,10-15,23H,5,9,16H2,(H,31,34)(H2,29,30,32)/t23-/m1/s1. The molecule has 0 unspecified atom stereocenters. The molecule has 4 heterocycles. The molecule has 2 aliphatic rings. The lowest BCUT2D eigenvalue weighted by atomic mass is 10.00. The number of carbonyl (C=O) groups excluding carboxylic acids is 3. The van der Waals surface area contributed by atoms with Gasteiger partial charge in [0.2, 0.25) is 0 Å². The van der Waals surface area contributed by atoms with Crippen LogP contribution in [0.1, 0.15) is 34.8 Å². The van der Waals surface area contributed by atoms with E-state index in [4.69, 9.17) is 0 Å². The van der Waals surface area contributed by atoms with Gasteiger partial charge in [0, 0.05) is 28.9 Å². The number of carbonyl (C=O) groups is 3. The molecule has 1 aliphatic heterocycles. The van der Waals surface area contributed by atoms with Gasteiger partial charge in [-0.1, -0.05) is 42.5 Å². The molecule has 0 fully saturated rings. The number of nitrogens with zero attached hydrogens (tertiary/aromatic N) is 2. The lowest BCUT2D eigenvalue weighted by Crippen LogP contribution is -2.41. The van der Waals surface area contributed by atoms with Crippen molar-refractivity contribution in [3.05, 3.63) is 101 Å². The fourth-order valence-corrected chi connectivity index (χ4v) is 5.57. The minimum atomic E-state index is -0.572. The Balaban J connectivity index is 1.25. The van der Waals surface area contributed by atoms with Crippen molar-refractivity contribution in [3.8, 4) is 0 Å². The van der Waals surface area contributed by atoms with E-state index in [1.807, 2.05) is 60.1 Å². The monoisotopic (exact) mass is 509 g/mol. The minimum Gasteiger partial charge on any atom is -0.346 e. The van der Waals surface area contributed by atoms with Crippen molar-refractivity contribution in [2.24, 2.45) is 0 Å². The van der Waals surface area contributed by atoms with Crippen LogP contribution in [0.4, 0.5) is 10.7 Å². The number of H-pyrrole nitrogens is 1. The van der Waals surface area contributed by atoms with Crippen LogP contribution in [0.15, 0.2) is 89.6 Å². The van der Waals surface area contributed by atoms with Crippen LogP contribution >= 0.6 is 11.3 Å². The first-order valence-electron chi connectivity index (χ1n) is 12.0. The summed E-state index contributed by atoms with van der Waals surface area (Å²) in [5.74, 6) is -0.878. The first kappa shape index (κ1) is 22.9. The number of nitrogens with one attached hydrogen (secondary N) is 3. The van der Waals surface area contributed by atoms with E-state index in [2.05, 4.69) is 20.6 Å². The first-order chi connectivity index (χ1) is 18.1. The molecule has 3 amide bonds. The van der Waals surface area contributed by atoms with Crippen molar-refractivity contribution < 1.29 is 14.4 Å². The van der Waals surface area contributed by atoms with Gasteiger partial charge in [-0.05, 0) is 42.0 Å². The first-order valence-corrected chi connectivity index (χ1v) is 12.9. The second-order valence-electron chi connectivity index (χ2n) is 8.88. The minimum absolute atomic E-state index is 0.0511. The Morgan fingerprint density at radius 3 is 2.81 bits per heavy atom. The zero-order valence-electron chi connectivity index (χ0n) is 19.7. The maximum absolute atomic E-state index is 13.5. The summed E-state index contributed by atoms with van der Waals surface area (Å²) in [7, 11) is 0. The van der Waals surface area contributed by atoms with Crippen LogP contribution in [0.25, 0.3) is 11.0 Å². The number of imide groups is 1. The Morgan fingerprint density at radius 2 is 1.97 bits per heavy atom. The number of benzene rings is 1. The van der Waals surface area contributed by atoms with Crippen LogP contribution in [0.5, 0.6) is 0 Å². The molecule has 184 valence electrons. The summed E-state index contributed by atoms with van der Waals surface area (Å²) in [6.07, 6.45) is 8.47. The lowest BCUT2D eigenvalue weighted by molar-refractivity contribution is -0.137. The summed E-state index contributed by atoms with van der Waals surface area (Å²) in [4.78, 5) is 48.3. The van der Waals surface area contributed by atoms with E-state index < -0.39 is 6.04 Å². The van der Waals surface area contributed by atoms with Gasteiger partial charge in [0.05, 0.1) is 23.8 Å². The van der Waals surface area contributed by atoms with Gasteiger partial charge < -0.3 is 15.6 Å². The van der Waals surface area contributed by atoms with E-state index in [1.54, 1.807) is 18.3 Å². The summed E-state index contributed by atoms with van der Waals surface area (Å²) in [6.45, 7) is 0.0511. The number of rotatable bonds is 7. The van der Waals surface area contributed by atoms with Gasteiger partial charge in [-0.2, -0.15) is 0 Å². The Bertz CT molecular complexity index is 1580. The predicted octanol–water partition coefficient (Wildman–Crippen LogP) is 4.85. The van der Waals surface area contributed by atoms with Crippen molar-refractivity contribution in [3.63, 3.8) is 0 Å². The zero-order valence-corrected chi connectivity index (χ0v) is 20.5. The fraction of sp³-hybridized carbons (Fsp3) is 0.143. The molecule has 0 saturated carbocycles. The Labute approximate surface area is 216 Å². The van der Waals surface area contributed by atoms with Crippen molar-refractivity contribution in [2.45, 2.75) is 18.9 Å². The van der Waals surface area contributed by atoms with Gasteiger partial charge in [-0.3, -0.25) is 19.3 Å². The number of thiophene rings is 1. The largest absolute Gasteiger partial charge is 0.346 e. The summed E-state index contributed by atoms with van der Waals surface area (Å²) >= 11 is 1.42. The third kappa shape index (κ3) is 4.23. The van der Waals surface area contributed by atoms with Gasteiger partial charge in [0.15, 0.2) is 0 Å². The highest BCUT2D eigenvalue weighted by molar-refractivity contribution is 7.14. The number of amides is 3. The van der Waals surface area contributed by atoms with E-state index in [0.717, 1.165) is 28.7 Å². The number of allylic oxidation sites excluding steroid dienone is 1. The molecule has 37 heavy (non-hydrogen) atoms. The molecule has 4 aromatic rings. The summed E-state index contributed by atoms with van der Waals surface area (Å²) < 4.78 is 0. The Hall–Kier alpha value is -4.50. The third-order valence-electron chi connectivity index (χ3n) is 6.64. The molecule has 0 spiro atoms. The molecule has 3 N–H and O–H groups in total. The Kier molecular flexibility index (Phi) is 5.90. The van der Waals surface area contributed by atoms with Crippen LogP contribution in [-0.2, 0) is 9.59 Å². The van der Waals surface area contributed by atoms with Crippen molar-refractivity contribution in [2.75, 3.05) is 11.9 Å². The Morgan fingerprint density at radius 1 is 1.11 bits per heavy atom. The van der Waals surface area contributed by atoms with Gasteiger partial charge in [0.25, 0.3) is 17.7 Å². The van der Waals surface area contributed by atoms with Crippen LogP contribution in [-0.4, -0.2) is 39.1 Å². The van der Waals surface area contributed by atoms with E-state index in [0.29, 0.717) is 28.1 Å². The molecule has 0 bridgehead atoms. The number of aromatic amines is 1. The number of aromatic nitrogens is 2. The maximum Gasteiger partial charge on any atom is 0.261 e. The number of pyridine rings is 1. The lowest BCUT2D eigenvalue weighted by Gasteiger charge is -2.25. The van der Waals surface area contributed by atoms with Crippen molar-refractivity contribution in [1.29, 1.82) is 0 Å². The van der Waals surface area contributed by atoms with Gasteiger partial charge in [-0.15, -0.1) is 11.3 Å². The molecule has 9 heteroatoms.